The third-order valence-corrected chi connectivity index (χ3v) is 6.12. The Morgan fingerprint density at radius 3 is 1.78 bits per heavy atom. The molecule has 0 saturated heterocycles. The molecule has 0 atom stereocenters. The Labute approximate surface area is 87.7 Å². The van der Waals surface area contributed by atoms with Gasteiger partial charge in [-0.25, -0.2) is 0 Å². The molecule has 0 radical (unpaired) electrons. The Hall–Kier alpha value is 1.80. The van der Waals surface area contributed by atoms with Crippen LogP contribution in [0.5, 0.6) is 0 Å². The van der Waals surface area contributed by atoms with Gasteiger partial charge in [-0.3, -0.25) is 0 Å². The predicted molar refractivity (Wildman–Crippen MR) is 43.9 cm³/mol. The van der Waals surface area contributed by atoms with Gasteiger partial charge in [-0.2, -0.15) is 0 Å². The minimum Gasteiger partial charge on any atom is -0.0521 e. The maximum Gasteiger partial charge on any atom is 1.00 e. The van der Waals surface area contributed by atoms with Crippen molar-refractivity contribution in [2.75, 3.05) is 11.5 Å². The van der Waals surface area contributed by atoms with Gasteiger partial charge in [0.05, 0.1) is 0 Å². The molecule has 0 aliphatic heterocycles. The van der Waals surface area contributed by atoms with Crippen LogP contribution in [0.4, 0.5) is 0 Å². The van der Waals surface area contributed by atoms with Crippen LogP contribution in [0.3, 0.4) is 0 Å². The van der Waals surface area contributed by atoms with Crippen LogP contribution >= 0.6 is 29.0 Å². The van der Waals surface area contributed by atoms with Gasteiger partial charge in [0.1, 0.15) is 22.8 Å². The maximum atomic E-state index is 10.7. The monoisotopic (exact) mass is 192 g/mol. The quantitative estimate of drug-likeness (QED) is 0.466. The molecule has 0 unspecified atom stereocenters. The summed E-state index contributed by atoms with van der Waals surface area (Å²) < 4.78 is 10.7. The van der Waals surface area contributed by atoms with E-state index in [0.29, 0.717) is 0 Å². The second-order valence-corrected chi connectivity index (χ2v) is 7.41. The molecule has 5 heteroatoms. The summed E-state index contributed by atoms with van der Waals surface area (Å²) in [7, 11) is 0. The van der Waals surface area contributed by atoms with E-state index in [9.17, 15) is 4.57 Å². The van der Waals surface area contributed by atoms with E-state index in [2.05, 4.69) is 0 Å². The first-order valence-corrected chi connectivity index (χ1v) is 6.98. The molecule has 0 saturated carbocycles. The van der Waals surface area contributed by atoms with E-state index in [1.807, 2.05) is 13.8 Å². The summed E-state index contributed by atoms with van der Waals surface area (Å²) in [6, 6.07) is 0. The van der Waals surface area contributed by atoms with Crippen LogP contribution in [-0.2, 0) is 4.57 Å². The fraction of sp³-hybridized carbons (Fsp3) is 1.00. The van der Waals surface area contributed by atoms with Gasteiger partial charge in [-0.1, -0.05) is 13.8 Å². The topological polar surface area (TPSA) is 17.1 Å². The normalized spacial score (nSPS) is 8.22. The molecule has 0 spiro atoms. The van der Waals surface area contributed by atoms with Crippen LogP contribution in [0, 0.1) is 0 Å². The Morgan fingerprint density at radius 2 is 1.56 bits per heavy atom. The molecule has 0 aliphatic rings. The Balaban J connectivity index is 0. The van der Waals surface area contributed by atoms with Crippen molar-refractivity contribution in [1.29, 1.82) is 0 Å². The SMILES string of the molecule is CCS[P+](=O)SCC.[Na+]. The average Bonchev–Trinajstić information content (AvgIpc) is 1.68. The third kappa shape index (κ3) is 9.80. The molecule has 0 aliphatic carbocycles. The average molecular weight is 192 g/mol. The van der Waals surface area contributed by atoms with Crippen LogP contribution in [0.25, 0.3) is 0 Å². The Bertz CT molecular complexity index is 73.0. The number of rotatable bonds is 4. The standard InChI is InChI=1S/C4H10OPS2.Na/c1-3-7-6(5)8-4-2;/h3-4H2,1-2H3;/q2*+1. The van der Waals surface area contributed by atoms with Gasteiger partial charge >= 0.3 is 35.8 Å². The van der Waals surface area contributed by atoms with Crippen molar-refractivity contribution in [1.82, 2.24) is 0 Å². The molecular weight excluding hydrogens is 182 g/mol. The van der Waals surface area contributed by atoms with Crippen molar-refractivity contribution < 1.29 is 34.1 Å². The van der Waals surface area contributed by atoms with Gasteiger partial charge in [0.15, 0.2) is 0 Å². The van der Waals surface area contributed by atoms with Crippen molar-refractivity contribution in [2.45, 2.75) is 13.8 Å². The molecule has 48 valence electrons. The van der Waals surface area contributed by atoms with Gasteiger partial charge in [0.25, 0.3) is 0 Å². The summed E-state index contributed by atoms with van der Waals surface area (Å²) in [5.41, 5.74) is 0. The first-order valence-electron chi connectivity index (χ1n) is 2.54. The van der Waals surface area contributed by atoms with Crippen molar-refractivity contribution in [2.24, 2.45) is 0 Å². The van der Waals surface area contributed by atoms with Gasteiger partial charge < -0.3 is 0 Å². The van der Waals surface area contributed by atoms with Crippen LogP contribution in [0.1, 0.15) is 13.8 Å². The van der Waals surface area contributed by atoms with E-state index in [-0.39, 0.29) is 29.6 Å². The zero-order valence-corrected chi connectivity index (χ0v) is 10.6. The summed E-state index contributed by atoms with van der Waals surface area (Å²) in [6.45, 7) is 4.04. The minimum atomic E-state index is -0.997. The van der Waals surface area contributed by atoms with Crippen molar-refractivity contribution in [3.63, 3.8) is 0 Å². The molecule has 0 aromatic heterocycles. The molecule has 0 rings (SSSR count). The first-order chi connectivity index (χ1) is 3.81. The molecular formula is C4H10NaOPS2+2. The third-order valence-electron chi connectivity index (χ3n) is 0.469. The van der Waals surface area contributed by atoms with E-state index in [4.69, 9.17) is 0 Å². The van der Waals surface area contributed by atoms with E-state index in [1.165, 1.54) is 22.8 Å². The molecule has 0 N–H and O–H groups in total. The molecule has 0 aromatic rings. The fourth-order valence-electron chi connectivity index (χ4n) is 0.248. The molecule has 0 amide bonds. The van der Waals surface area contributed by atoms with Crippen molar-refractivity contribution in [3.8, 4) is 0 Å². The molecule has 0 bridgehead atoms. The van der Waals surface area contributed by atoms with E-state index in [1.54, 1.807) is 0 Å². The summed E-state index contributed by atoms with van der Waals surface area (Å²) in [5.74, 6) is 1.92. The Kier molecular flexibility index (Phi) is 14.6. The molecule has 0 fully saturated rings. The second kappa shape index (κ2) is 9.80. The zero-order chi connectivity index (χ0) is 6.41. The minimum absolute atomic E-state index is 0. The molecule has 0 aromatic carbocycles. The van der Waals surface area contributed by atoms with Crippen LogP contribution < -0.4 is 29.6 Å². The molecule has 0 heterocycles. The molecule has 1 nitrogen and oxygen atoms in total. The predicted octanol–water partition coefficient (Wildman–Crippen LogP) is 0.154. The van der Waals surface area contributed by atoms with Gasteiger partial charge in [0.2, 0.25) is 0 Å². The van der Waals surface area contributed by atoms with E-state index in [0.717, 1.165) is 11.5 Å². The molecule has 9 heavy (non-hydrogen) atoms. The van der Waals surface area contributed by atoms with Crippen LogP contribution in [0.15, 0.2) is 0 Å². The summed E-state index contributed by atoms with van der Waals surface area (Å²) in [4.78, 5) is 0. The van der Waals surface area contributed by atoms with E-state index < -0.39 is 6.20 Å². The second-order valence-electron chi connectivity index (χ2n) is 1.06. The van der Waals surface area contributed by atoms with Gasteiger partial charge in [-0.15, -0.1) is 0 Å². The number of hydrogen-bond acceptors (Lipinski definition) is 3. The van der Waals surface area contributed by atoms with Crippen LogP contribution in [-0.4, -0.2) is 11.5 Å². The van der Waals surface area contributed by atoms with E-state index >= 15 is 0 Å². The van der Waals surface area contributed by atoms with Gasteiger partial charge in [0, 0.05) is 11.5 Å². The summed E-state index contributed by atoms with van der Waals surface area (Å²) in [5, 5.41) is 0. The van der Waals surface area contributed by atoms with Crippen LogP contribution in [0.2, 0.25) is 0 Å². The number of hydrogen-bond donors (Lipinski definition) is 0. The zero-order valence-electron chi connectivity index (χ0n) is 6.09. The summed E-state index contributed by atoms with van der Waals surface area (Å²) >= 11 is 3.06. The maximum absolute atomic E-state index is 10.7. The fourth-order valence-corrected chi connectivity index (χ4v) is 4.80. The van der Waals surface area contributed by atoms with Crippen molar-refractivity contribution in [3.05, 3.63) is 0 Å². The smallest absolute Gasteiger partial charge is 0.0521 e. The Morgan fingerprint density at radius 1 is 1.22 bits per heavy atom. The summed E-state index contributed by atoms with van der Waals surface area (Å²) in [6.07, 6.45) is -0.997. The van der Waals surface area contributed by atoms with Crippen molar-refractivity contribution >= 4 is 29.0 Å². The first kappa shape index (κ1) is 13.4. The van der Waals surface area contributed by atoms with Gasteiger partial charge in [-0.05, 0) is 4.57 Å². The largest absolute Gasteiger partial charge is 1.00 e.